The molecule has 2 fully saturated rings. The van der Waals surface area contributed by atoms with E-state index < -0.39 is 0 Å². The first-order chi connectivity index (χ1) is 12.4. The molecule has 0 aliphatic carbocycles. The fourth-order valence-corrected chi connectivity index (χ4v) is 4.16. The van der Waals surface area contributed by atoms with Crippen molar-refractivity contribution in [2.24, 2.45) is 0 Å². The van der Waals surface area contributed by atoms with E-state index in [1.54, 1.807) is 0 Å². The minimum Gasteiger partial charge on any atom is -0.368 e. The molecular weight excluding hydrogens is 318 g/mol. The van der Waals surface area contributed by atoms with Crippen LogP contribution in [0.25, 0.3) is 0 Å². The zero-order valence-electron chi connectivity index (χ0n) is 14.3. The zero-order chi connectivity index (χ0) is 16.6. The number of piperidine rings is 1. The van der Waals surface area contributed by atoms with Crippen molar-refractivity contribution in [1.29, 1.82) is 0 Å². The van der Waals surface area contributed by atoms with Crippen molar-refractivity contribution in [3.8, 4) is 0 Å². The van der Waals surface area contributed by atoms with E-state index in [0.29, 0.717) is 12.6 Å². The summed E-state index contributed by atoms with van der Waals surface area (Å²) >= 11 is 0. The van der Waals surface area contributed by atoms with Gasteiger partial charge in [0.1, 0.15) is 0 Å². The molecule has 25 heavy (non-hydrogen) atoms. The third-order valence-corrected chi connectivity index (χ3v) is 5.50. The van der Waals surface area contributed by atoms with Gasteiger partial charge in [0.05, 0.1) is 30.6 Å². The first-order valence-electron chi connectivity index (χ1n) is 9.16. The lowest BCUT2D eigenvalue weighted by atomic mass is 10.00. The molecule has 3 aliphatic heterocycles. The van der Waals surface area contributed by atoms with Gasteiger partial charge >= 0.3 is 0 Å². The molecule has 2 aromatic rings. The number of anilines is 1. The maximum Gasteiger partial charge on any atom is 0.225 e. The van der Waals surface area contributed by atoms with E-state index in [2.05, 4.69) is 34.8 Å². The molecule has 8 heteroatoms. The Morgan fingerprint density at radius 3 is 2.76 bits per heavy atom. The summed E-state index contributed by atoms with van der Waals surface area (Å²) in [5.41, 5.74) is 2.25. The number of hydrogen-bond acceptors (Lipinski definition) is 7. The highest BCUT2D eigenvalue weighted by Crippen LogP contribution is 2.30. The molecule has 3 aliphatic rings. The van der Waals surface area contributed by atoms with Gasteiger partial charge in [-0.15, -0.1) is 5.10 Å². The summed E-state index contributed by atoms with van der Waals surface area (Å²) < 4.78 is 8.10. The van der Waals surface area contributed by atoms with Crippen molar-refractivity contribution in [3.63, 3.8) is 0 Å². The van der Waals surface area contributed by atoms with E-state index in [1.165, 1.54) is 18.4 Å². The Kier molecular flexibility index (Phi) is 3.86. The van der Waals surface area contributed by atoms with Crippen molar-refractivity contribution in [2.75, 3.05) is 31.1 Å². The van der Waals surface area contributed by atoms with E-state index in [-0.39, 0.29) is 6.10 Å². The second kappa shape index (κ2) is 6.34. The monoisotopic (exact) mass is 341 g/mol. The predicted molar refractivity (Wildman–Crippen MR) is 91.0 cm³/mol. The summed E-state index contributed by atoms with van der Waals surface area (Å²) in [6.07, 6.45) is 9.47. The van der Waals surface area contributed by atoms with Crippen LogP contribution in [0.2, 0.25) is 0 Å². The zero-order valence-corrected chi connectivity index (χ0v) is 14.3. The fourth-order valence-electron chi connectivity index (χ4n) is 4.16. The second-order valence-corrected chi connectivity index (χ2v) is 7.20. The van der Waals surface area contributed by atoms with Crippen molar-refractivity contribution in [3.05, 3.63) is 29.8 Å². The Morgan fingerprint density at radius 1 is 1.08 bits per heavy atom. The van der Waals surface area contributed by atoms with E-state index >= 15 is 0 Å². The summed E-state index contributed by atoms with van der Waals surface area (Å²) in [5.74, 6) is 0.870. The van der Waals surface area contributed by atoms with E-state index in [0.717, 1.165) is 50.8 Å². The summed E-state index contributed by atoms with van der Waals surface area (Å²) in [6, 6.07) is 0.316. The van der Waals surface area contributed by atoms with Gasteiger partial charge in [-0.05, 0) is 19.3 Å². The Balaban J connectivity index is 1.22. The van der Waals surface area contributed by atoms with Crippen LogP contribution in [0.1, 0.15) is 36.6 Å². The molecule has 0 bridgehead atoms. The molecule has 0 amide bonds. The number of nitrogens with zero attached hydrogens (tertiary/aromatic N) is 7. The average Bonchev–Trinajstić information content (AvgIpc) is 3.34. The van der Waals surface area contributed by atoms with Crippen LogP contribution in [0.3, 0.4) is 0 Å². The molecule has 2 aromatic heterocycles. The number of fused-ring (bicyclic) bond motifs is 3. The van der Waals surface area contributed by atoms with Crippen LogP contribution in [0.5, 0.6) is 0 Å². The van der Waals surface area contributed by atoms with Gasteiger partial charge < -0.3 is 9.64 Å². The number of hydrogen-bond donors (Lipinski definition) is 0. The normalized spacial score (nSPS) is 26.5. The highest BCUT2D eigenvalue weighted by Gasteiger charge is 2.36. The SMILES string of the molecule is c1nc(N2CCCC2)ncc1CN1CC[C@H]2[C@H](C1)OCc1cnnn12. The molecule has 0 saturated carbocycles. The topological polar surface area (TPSA) is 72.2 Å². The molecule has 8 nitrogen and oxygen atoms in total. The third-order valence-electron chi connectivity index (χ3n) is 5.50. The Morgan fingerprint density at radius 2 is 1.92 bits per heavy atom. The van der Waals surface area contributed by atoms with Crippen LogP contribution in [0, 0.1) is 0 Å². The van der Waals surface area contributed by atoms with Gasteiger partial charge in [-0.25, -0.2) is 14.6 Å². The lowest BCUT2D eigenvalue weighted by Crippen LogP contribution is -2.48. The van der Waals surface area contributed by atoms with Crippen LogP contribution < -0.4 is 4.90 Å². The van der Waals surface area contributed by atoms with Crippen LogP contribution >= 0.6 is 0 Å². The minimum absolute atomic E-state index is 0.188. The van der Waals surface area contributed by atoms with Gasteiger partial charge in [-0.3, -0.25) is 4.90 Å². The predicted octanol–water partition coefficient (Wildman–Crippen LogP) is 1.01. The van der Waals surface area contributed by atoms with Crippen molar-refractivity contribution < 1.29 is 4.74 Å². The molecule has 2 saturated heterocycles. The van der Waals surface area contributed by atoms with Gasteiger partial charge in [0.25, 0.3) is 0 Å². The number of aromatic nitrogens is 5. The van der Waals surface area contributed by atoms with Gasteiger partial charge in [0, 0.05) is 50.7 Å². The number of likely N-dealkylation sites (tertiary alicyclic amines) is 1. The largest absolute Gasteiger partial charge is 0.368 e. The van der Waals surface area contributed by atoms with Gasteiger partial charge in [0.15, 0.2) is 0 Å². The quantitative estimate of drug-likeness (QED) is 0.825. The Hall–Kier alpha value is -2.06. The van der Waals surface area contributed by atoms with E-state index in [9.17, 15) is 0 Å². The van der Waals surface area contributed by atoms with Crippen LogP contribution in [0.15, 0.2) is 18.6 Å². The summed E-state index contributed by atoms with van der Waals surface area (Å²) in [7, 11) is 0. The molecule has 132 valence electrons. The number of rotatable bonds is 3. The van der Waals surface area contributed by atoms with Crippen molar-refractivity contribution in [1.82, 2.24) is 29.9 Å². The van der Waals surface area contributed by atoms with E-state index in [4.69, 9.17) is 4.74 Å². The average molecular weight is 341 g/mol. The van der Waals surface area contributed by atoms with Crippen LogP contribution in [-0.2, 0) is 17.9 Å². The number of ether oxygens (including phenoxy) is 1. The highest BCUT2D eigenvalue weighted by molar-refractivity contribution is 5.31. The summed E-state index contributed by atoms with van der Waals surface area (Å²) in [6.45, 7) is 5.58. The summed E-state index contributed by atoms with van der Waals surface area (Å²) in [5, 5.41) is 8.26. The Labute approximate surface area is 146 Å². The lowest BCUT2D eigenvalue weighted by Gasteiger charge is -2.40. The van der Waals surface area contributed by atoms with Crippen molar-refractivity contribution >= 4 is 5.95 Å². The van der Waals surface area contributed by atoms with Crippen molar-refractivity contribution in [2.45, 2.75) is 44.6 Å². The highest BCUT2D eigenvalue weighted by atomic mass is 16.5. The minimum atomic E-state index is 0.188. The van der Waals surface area contributed by atoms with Crippen LogP contribution in [0.4, 0.5) is 5.95 Å². The molecule has 0 aromatic carbocycles. The van der Waals surface area contributed by atoms with Gasteiger partial charge in [-0.1, -0.05) is 5.21 Å². The molecule has 0 spiro atoms. The molecular formula is C17H23N7O. The molecule has 5 heterocycles. The molecule has 0 unspecified atom stereocenters. The molecule has 5 rings (SSSR count). The van der Waals surface area contributed by atoms with Crippen LogP contribution in [-0.4, -0.2) is 62.1 Å². The summed E-state index contributed by atoms with van der Waals surface area (Å²) in [4.78, 5) is 13.8. The standard InChI is InChI=1S/C17H23N7O/c1-2-5-23(4-1)17-18-7-13(8-19-17)10-22-6-3-15-16(11-22)25-12-14-9-20-21-24(14)15/h7-9,15-16H,1-6,10-12H2/t15-,16-/m0/s1. The van der Waals surface area contributed by atoms with Gasteiger partial charge in [0.2, 0.25) is 5.95 Å². The third kappa shape index (κ3) is 2.89. The maximum absolute atomic E-state index is 6.04. The molecule has 2 atom stereocenters. The first kappa shape index (κ1) is 15.2. The molecule has 0 N–H and O–H groups in total. The lowest BCUT2D eigenvalue weighted by molar-refractivity contribution is -0.0704. The molecule has 0 radical (unpaired) electrons. The van der Waals surface area contributed by atoms with Gasteiger partial charge in [-0.2, -0.15) is 0 Å². The fraction of sp³-hybridized carbons (Fsp3) is 0.647. The second-order valence-electron chi connectivity index (χ2n) is 7.20. The maximum atomic E-state index is 6.04. The Bertz CT molecular complexity index is 725. The van der Waals surface area contributed by atoms with E-state index in [1.807, 2.05) is 18.6 Å². The first-order valence-corrected chi connectivity index (χ1v) is 9.16. The smallest absolute Gasteiger partial charge is 0.225 e.